The Kier molecular flexibility index (Phi) is 8.21. The summed E-state index contributed by atoms with van der Waals surface area (Å²) in [6.45, 7) is 5.74. The van der Waals surface area contributed by atoms with Gasteiger partial charge in [-0.2, -0.15) is 0 Å². The van der Waals surface area contributed by atoms with Gasteiger partial charge in [-0.05, 0) is 50.1 Å². The number of anilines is 1. The van der Waals surface area contributed by atoms with E-state index in [1.807, 2.05) is 30.3 Å². The Morgan fingerprint density at radius 2 is 1.61 bits per heavy atom. The molecule has 1 N–H and O–H groups in total. The third kappa shape index (κ3) is 5.98. The lowest BCUT2D eigenvalue weighted by atomic mass is 10.1. The number of benzene rings is 2. The van der Waals surface area contributed by atoms with Gasteiger partial charge < -0.3 is 19.5 Å². The number of ether oxygens (including phenoxy) is 3. The average Bonchev–Trinajstić information content (AvgIpc) is 3.14. The van der Waals surface area contributed by atoms with Crippen LogP contribution in [0.15, 0.2) is 54.6 Å². The first-order valence-corrected chi connectivity index (χ1v) is 11.3. The molecule has 0 fully saturated rings. The minimum Gasteiger partial charge on any atom is -0.489 e. The highest BCUT2D eigenvalue weighted by Gasteiger charge is 2.27. The molecule has 8 heteroatoms. The fourth-order valence-electron chi connectivity index (χ4n) is 3.09. The summed E-state index contributed by atoms with van der Waals surface area (Å²) < 4.78 is 16.0. The van der Waals surface area contributed by atoms with Gasteiger partial charge in [0, 0.05) is 5.56 Å². The smallest absolute Gasteiger partial charge is 0.348 e. The van der Waals surface area contributed by atoms with Crippen molar-refractivity contribution in [2.24, 2.45) is 0 Å². The summed E-state index contributed by atoms with van der Waals surface area (Å²) >= 11 is 0.985. The minimum atomic E-state index is -0.614. The lowest BCUT2D eigenvalue weighted by Gasteiger charge is -2.09. The Balaban J connectivity index is 1.82. The van der Waals surface area contributed by atoms with Crippen molar-refractivity contribution in [2.45, 2.75) is 27.4 Å². The molecule has 33 heavy (non-hydrogen) atoms. The summed E-state index contributed by atoms with van der Waals surface area (Å²) in [7, 11) is 0. The molecular formula is C25H25NO6S. The van der Waals surface area contributed by atoms with Crippen molar-refractivity contribution in [2.75, 3.05) is 18.5 Å². The molecule has 0 saturated carbocycles. The summed E-state index contributed by atoms with van der Waals surface area (Å²) in [6.07, 6.45) is 0. The Labute approximate surface area is 196 Å². The van der Waals surface area contributed by atoms with Gasteiger partial charge in [0.2, 0.25) is 0 Å². The number of esters is 2. The lowest BCUT2D eigenvalue weighted by molar-refractivity contribution is 0.0527. The summed E-state index contributed by atoms with van der Waals surface area (Å²) in [5.74, 6) is -1.08. The van der Waals surface area contributed by atoms with Crippen LogP contribution in [0.1, 0.15) is 55.4 Å². The second-order valence-electron chi connectivity index (χ2n) is 6.96. The number of carbonyl (C=O) groups is 3. The van der Waals surface area contributed by atoms with E-state index in [0.717, 1.165) is 16.9 Å². The quantitative estimate of drug-likeness (QED) is 0.433. The van der Waals surface area contributed by atoms with Gasteiger partial charge in [0.1, 0.15) is 22.2 Å². The summed E-state index contributed by atoms with van der Waals surface area (Å²) in [6, 6.07) is 16.4. The molecule has 172 valence electrons. The molecule has 0 aliphatic carbocycles. The van der Waals surface area contributed by atoms with Crippen LogP contribution < -0.4 is 10.1 Å². The number of nitrogens with one attached hydrogen (secondary N) is 1. The number of hydrogen-bond donors (Lipinski definition) is 1. The maximum absolute atomic E-state index is 13.0. The van der Waals surface area contributed by atoms with Crippen molar-refractivity contribution in [3.05, 3.63) is 81.7 Å². The normalized spacial score (nSPS) is 10.4. The number of carbonyl (C=O) groups excluding carboxylic acids is 3. The van der Waals surface area contributed by atoms with Crippen molar-refractivity contribution in [3.8, 4) is 5.75 Å². The van der Waals surface area contributed by atoms with Crippen molar-refractivity contribution in [1.82, 2.24) is 0 Å². The van der Waals surface area contributed by atoms with Gasteiger partial charge in [-0.1, -0.05) is 36.4 Å². The van der Waals surface area contributed by atoms with E-state index in [1.54, 1.807) is 45.0 Å². The van der Waals surface area contributed by atoms with Gasteiger partial charge in [0.25, 0.3) is 5.91 Å². The molecule has 7 nitrogen and oxygen atoms in total. The Hall–Kier alpha value is -3.65. The Morgan fingerprint density at radius 1 is 0.909 bits per heavy atom. The molecule has 2 aromatic carbocycles. The molecule has 1 aromatic heterocycles. The van der Waals surface area contributed by atoms with Crippen LogP contribution in [0.5, 0.6) is 5.75 Å². The van der Waals surface area contributed by atoms with Gasteiger partial charge in [0.05, 0.1) is 18.8 Å². The maximum Gasteiger partial charge on any atom is 0.348 e. The fourth-order valence-corrected chi connectivity index (χ4v) is 4.17. The van der Waals surface area contributed by atoms with Crippen LogP contribution in [0.3, 0.4) is 0 Å². The van der Waals surface area contributed by atoms with Crippen LogP contribution >= 0.6 is 11.3 Å². The van der Waals surface area contributed by atoms with Gasteiger partial charge in [-0.15, -0.1) is 11.3 Å². The molecule has 0 radical (unpaired) electrons. The second-order valence-corrected chi connectivity index (χ2v) is 7.98. The first kappa shape index (κ1) is 24.0. The van der Waals surface area contributed by atoms with Crippen LogP contribution in [-0.2, 0) is 16.1 Å². The largest absolute Gasteiger partial charge is 0.489 e. The monoisotopic (exact) mass is 467 g/mol. The van der Waals surface area contributed by atoms with E-state index in [2.05, 4.69) is 5.32 Å². The molecule has 0 aliphatic heterocycles. The van der Waals surface area contributed by atoms with Crippen molar-refractivity contribution in [1.29, 1.82) is 0 Å². The number of rotatable bonds is 9. The van der Waals surface area contributed by atoms with Crippen molar-refractivity contribution in [3.63, 3.8) is 0 Å². The molecular weight excluding hydrogens is 442 g/mol. The fraction of sp³-hybridized carbons (Fsp3) is 0.240. The Morgan fingerprint density at radius 3 is 2.30 bits per heavy atom. The van der Waals surface area contributed by atoms with Crippen molar-refractivity contribution >= 4 is 34.2 Å². The first-order chi connectivity index (χ1) is 15.9. The van der Waals surface area contributed by atoms with E-state index >= 15 is 0 Å². The van der Waals surface area contributed by atoms with E-state index in [9.17, 15) is 14.4 Å². The van der Waals surface area contributed by atoms with Gasteiger partial charge in [0.15, 0.2) is 0 Å². The predicted molar refractivity (Wildman–Crippen MR) is 126 cm³/mol. The van der Waals surface area contributed by atoms with Crippen LogP contribution in [0.2, 0.25) is 0 Å². The molecule has 1 amide bonds. The van der Waals surface area contributed by atoms with E-state index in [4.69, 9.17) is 14.2 Å². The topological polar surface area (TPSA) is 90.9 Å². The highest BCUT2D eigenvalue weighted by atomic mass is 32.1. The van der Waals surface area contributed by atoms with Crippen LogP contribution in [0.25, 0.3) is 0 Å². The minimum absolute atomic E-state index is 0.148. The third-order valence-electron chi connectivity index (χ3n) is 4.66. The van der Waals surface area contributed by atoms with Gasteiger partial charge >= 0.3 is 11.9 Å². The zero-order valence-electron chi connectivity index (χ0n) is 18.7. The molecule has 3 aromatic rings. The number of amides is 1. The summed E-state index contributed by atoms with van der Waals surface area (Å²) in [4.78, 5) is 38.0. The third-order valence-corrected chi connectivity index (χ3v) is 5.85. The zero-order chi connectivity index (χ0) is 23.8. The van der Waals surface area contributed by atoms with E-state index < -0.39 is 17.8 Å². The number of hydrogen-bond acceptors (Lipinski definition) is 7. The summed E-state index contributed by atoms with van der Waals surface area (Å²) in [5.41, 5.74) is 1.91. The molecule has 0 bridgehead atoms. The maximum atomic E-state index is 13.0. The van der Waals surface area contributed by atoms with Crippen LogP contribution in [0, 0.1) is 6.92 Å². The first-order valence-electron chi connectivity index (χ1n) is 10.5. The second kappa shape index (κ2) is 11.3. The van der Waals surface area contributed by atoms with Gasteiger partial charge in [-0.3, -0.25) is 4.79 Å². The van der Waals surface area contributed by atoms with Crippen LogP contribution in [0.4, 0.5) is 5.00 Å². The highest BCUT2D eigenvalue weighted by Crippen LogP contribution is 2.34. The number of thiophene rings is 1. The summed E-state index contributed by atoms with van der Waals surface area (Å²) in [5, 5.41) is 2.97. The lowest BCUT2D eigenvalue weighted by Crippen LogP contribution is -2.15. The molecule has 0 spiro atoms. The predicted octanol–water partition coefficient (Wildman–Crippen LogP) is 5.24. The molecule has 0 unspecified atom stereocenters. The molecule has 0 aliphatic rings. The Bertz CT molecular complexity index is 1140. The SMILES string of the molecule is CCOC(=O)c1sc(NC(=O)c2cccc(OCc3ccccc3)c2)c(C(=O)OCC)c1C. The molecule has 1 heterocycles. The highest BCUT2D eigenvalue weighted by molar-refractivity contribution is 7.18. The van der Waals surface area contributed by atoms with Gasteiger partial charge in [-0.25, -0.2) is 9.59 Å². The van der Waals surface area contributed by atoms with Crippen molar-refractivity contribution < 1.29 is 28.6 Å². The van der Waals surface area contributed by atoms with Crippen LogP contribution in [-0.4, -0.2) is 31.1 Å². The zero-order valence-corrected chi connectivity index (χ0v) is 19.5. The molecule has 0 atom stereocenters. The molecule has 0 saturated heterocycles. The molecule has 3 rings (SSSR count). The average molecular weight is 468 g/mol. The van der Waals surface area contributed by atoms with E-state index in [-0.39, 0.29) is 28.7 Å². The standard InChI is InChI=1S/C25H25NO6S/c1-4-30-24(28)20-16(3)21(25(29)31-5-2)33-23(20)26-22(27)18-12-9-13-19(14-18)32-15-17-10-7-6-8-11-17/h6-14H,4-5,15H2,1-3H3,(H,26,27). The van der Waals surface area contributed by atoms with E-state index in [1.165, 1.54) is 0 Å². The van der Waals surface area contributed by atoms with E-state index in [0.29, 0.717) is 23.5 Å².